The maximum absolute atomic E-state index is 11.4. The van der Waals surface area contributed by atoms with E-state index in [1.165, 1.54) is 5.56 Å². The van der Waals surface area contributed by atoms with Gasteiger partial charge in [0.15, 0.2) is 0 Å². The molecule has 1 N–H and O–H groups in total. The molecule has 0 unspecified atom stereocenters. The summed E-state index contributed by atoms with van der Waals surface area (Å²) in [4.78, 5) is 13.8. The van der Waals surface area contributed by atoms with Crippen LogP contribution in [-0.2, 0) is 23.1 Å². The second-order valence-corrected chi connectivity index (χ2v) is 5.94. The van der Waals surface area contributed by atoms with Crippen molar-refractivity contribution in [3.05, 3.63) is 18.0 Å². The predicted octanol–water partition coefficient (Wildman–Crippen LogP) is 0.290. The number of rotatable bonds is 2. The van der Waals surface area contributed by atoms with Crippen LogP contribution in [0.25, 0.3) is 0 Å². The van der Waals surface area contributed by atoms with Gasteiger partial charge in [-0.2, -0.15) is 5.10 Å². The van der Waals surface area contributed by atoms with Gasteiger partial charge in [0.2, 0.25) is 5.91 Å². The first-order valence-electron chi connectivity index (χ1n) is 7.21. The quantitative estimate of drug-likeness (QED) is 0.845. The Hall–Kier alpha value is -1.40. The summed E-state index contributed by atoms with van der Waals surface area (Å²) < 4.78 is 7.71. The lowest BCUT2D eigenvalue weighted by Gasteiger charge is -2.47. The van der Waals surface area contributed by atoms with E-state index in [2.05, 4.69) is 21.5 Å². The van der Waals surface area contributed by atoms with E-state index >= 15 is 0 Å². The topological polar surface area (TPSA) is 59.4 Å². The van der Waals surface area contributed by atoms with Gasteiger partial charge in [-0.1, -0.05) is 0 Å². The largest absolute Gasteiger partial charge is 0.363 e. The molecule has 1 amide bonds. The first-order valence-corrected chi connectivity index (χ1v) is 7.21. The number of nitrogens with zero attached hydrogens (tertiary/aromatic N) is 3. The van der Waals surface area contributed by atoms with Gasteiger partial charge < -0.3 is 10.1 Å². The molecule has 3 rings (SSSR count). The molecule has 0 radical (unpaired) electrons. The monoisotopic (exact) mass is 278 g/mol. The Balaban J connectivity index is 1.57. The van der Waals surface area contributed by atoms with Gasteiger partial charge in [0.1, 0.15) is 6.61 Å². The van der Waals surface area contributed by atoms with Gasteiger partial charge in [0.25, 0.3) is 0 Å². The molecule has 2 fully saturated rings. The SMILES string of the molecule is C[C@H]1NC(=O)COC12CCN(Cc1cnn(C)c1)CC2. The van der Waals surface area contributed by atoms with Crippen LogP contribution in [-0.4, -0.2) is 51.9 Å². The van der Waals surface area contributed by atoms with Crippen LogP contribution < -0.4 is 5.32 Å². The van der Waals surface area contributed by atoms with Crippen molar-refractivity contribution in [2.24, 2.45) is 7.05 Å². The predicted molar refractivity (Wildman–Crippen MR) is 74.0 cm³/mol. The number of piperidine rings is 1. The Bertz CT molecular complexity index is 491. The Morgan fingerprint density at radius 3 is 2.85 bits per heavy atom. The number of likely N-dealkylation sites (tertiary alicyclic amines) is 1. The van der Waals surface area contributed by atoms with Gasteiger partial charge in [-0.3, -0.25) is 14.4 Å². The highest BCUT2D eigenvalue weighted by Crippen LogP contribution is 2.32. The molecule has 0 aliphatic carbocycles. The number of amides is 1. The normalized spacial score (nSPS) is 26.7. The lowest BCUT2D eigenvalue weighted by molar-refractivity contribution is -0.159. The smallest absolute Gasteiger partial charge is 0.246 e. The fraction of sp³-hybridized carbons (Fsp3) is 0.714. The van der Waals surface area contributed by atoms with Gasteiger partial charge >= 0.3 is 0 Å². The summed E-state index contributed by atoms with van der Waals surface area (Å²) in [6, 6.07) is 0.101. The third-order valence-corrected chi connectivity index (χ3v) is 4.52. The van der Waals surface area contributed by atoms with Crippen LogP contribution in [0.15, 0.2) is 12.4 Å². The molecule has 1 atom stereocenters. The molecule has 0 bridgehead atoms. The van der Waals surface area contributed by atoms with E-state index < -0.39 is 0 Å². The molecule has 2 aliphatic heterocycles. The van der Waals surface area contributed by atoms with Gasteiger partial charge in [0.05, 0.1) is 17.8 Å². The summed E-state index contributed by atoms with van der Waals surface area (Å²) in [6.07, 6.45) is 5.91. The molecular weight excluding hydrogens is 256 g/mol. The Morgan fingerprint density at radius 1 is 1.50 bits per heavy atom. The van der Waals surface area contributed by atoms with Crippen LogP contribution in [0.5, 0.6) is 0 Å². The molecule has 3 heterocycles. The van der Waals surface area contributed by atoms with Crippen LogP contribution in [0.4, 0.5) is 0 Å². The number of aromatic nitrogens is 2. The zero-order valence-corrected chi connectivity index (χ0v) is 12.1. The maximum Gasteiger partial charge on any atom is 0.246 e. The van der Waals surface area contributed by atoms with E-state index in [1.54, 1.807) is 0 Å². The fourth-order valence-corrected chi connectivity index (χ4v) is 3.23. The molecule has 2 aliphatic rings. The van der Waals surface area contributed by atoms with Crippen molar-refractivity contribution < 1.29 is 9.53 Å². The van der Waals surface area contributed by atoms with Crippen molar-refractivity contribution in [2.45, 2.75) is 38.0 Å². The number of carbonyl (C=O) groups is 1. The Morgan fingerprint density at radius 2 is 2.25 bits per heavy atom. The molecule has 1 spiro atoms. The second-order valence-electron chi connectivity index (χ2n) is 5.94. The van der Waals surface area contributed by atoms with E-state index in [-0.39, 0.29) is 24.2 Å². The Labute approximate surface area is 119 Å². The van der Waals surface area contributed by atoms with E-state index in [0.717, 1.165) is 32.5 Å². The average molecular weight is 278 g/mol. The van der Waals surface area contributed by atoms with Crippen LogP contribution >= 0.6 is 0 Å². The van der Waals surface area contributed by atoms with Crippen molar-refractivity contribution in [1.82, 2.24) is 20.0 Å². The van der Waals surface area contributed by atoms with Crippen molar-refractivity contribution >= 4 is 5.91 Å². The summed E-state index contributed by atoms with van der Waals surface area (Å²) >= 11 is 0. The summed E-state index contributed by atoms with van der Waals surface area (Å²) in [5, 5.41) is 7.22. The van der Waals surface area contributed by atoms with E-state index in [1.807, 2.05) is 24.9 Å². The van der Waals surface area contributed by atoms with Crippen molar-refractivity contribution in [3.63, 3.8) is 0 Å². The third-order valence-electron chi connectivity index (χ3n) is 4.52. The highest BCUT2D eigenvalue weighted by atomic mass is 16.5. The first kappa shape index (κ1) is 13.6. The van der Waals surface area contributed by atoms with Crippen molar-refractivity contribution in [1.29, 1.82) is 0 Å². The van der Waals surface area contributed by atoms with Crippen LogP contribution in [0.3, 0.4) is 0 Å². The number of hydrogen-bond acceptors (Lipinski definition) is 4. The number of nitrogens with one attached hydrogen (secondary N) is 1. The highest BCUT2D eigenvalue weighted by Gasteiger charge is 2.44. The molecule has 1 aromatic rings. The standard InChI is InChI=1S/C14H22N4O2/c1-11-14(20-10-13(19)16-11)3-5-18(6-4-14)9-12-7-15-17(2)8-12/h7-8,11H,3-6,9-10H2,1-2H3,(H,16,19)/t11-/m1/s1. The summed E-state index contributed by atoms with van der Waals surface area (Å²) in [7, 11) is 1.94. The molecule has 6 heteroatoms. The Kier molecular flexibility index (Phi) is 3.52. The van der Waals surface area contributed by atoms with E-state index in [4.69, 9.17) is 4.74 Å². The molecular formula is C14H22N4O2. The number of aryl methyl sites for hydroxylation is 1. The lowest BCUT2D eigenvalue weighted by atomic mass is 9.83. The average Bonchev–Trinajstić information content (AvgIpc) is 2.82. The molecule has 1 aromatic heterocycles. The van der Waals surface area contributed by atoms with E-state index in [0.29, 0.717) is 0 Å². The lowest BCUT2D eigenvalue weighted by Crippen LogP contribution is -2.62. The minimum absolute atomic E-state index is 0.000847. The zero-order chi connectivity index (χ0) is 14.2. The summed E-state index contributed by atoms with van der Waals surface area (Å²) in [5.41, 5.74) is 1.08. The minimum atomic E-state index is -0.167. The van der Waals surface area contributed by atoms with Gasteiger partial charge in [-0.15, -0.1) is 0 Å². The van der Waals surface area contributed by atoms with Crippen LogP contribution in [0.1, 0.15) is 25.3 Å². The van der Waals surface area contributed by atoms with Crippen LogP contribution in [0, 0.1) is 0 Å². The zero-order valence-electron chi connectivity index (χ0n) is 12.1. The van der Waals surface area contributed by atoms with E-state index in [9.17, 15) is 4.79 Å². The summed E-state index contributed by atoms with van der Waals surface area (Å²) in [6.45, 7) is 5.18. The number of ether oxygens (including phenoxy) is 1. The van der Waals surface area contributed by atoms with Gasteiger partial charge in [0, 0.05) is 38.4 Å². The van der Waals surface area contributed by atoms with Gasteiger partial charge in [-0.05, 0) is 19.8 Å². The molecule has 110 valence electrons. The molecule has 20 heavy (non-hydrogen) atoms. The third kappa shape index (κ3) is 2.58. The first-order chi connectivity index (χ1) is 9.57. The fourth-order valence-electron chi connectivity index (χ4n) is 3.23. The summed E-state index contributed by atoms with van der Waals surface area (Å²) in [5.74, 6) is 0.000847. The maximum atomic E-state index is 11.4. The number of hydrogen-bond donors (Lipinski definition) is 1. The van der Waals surface area contributed by atoms with Crippen molar-refractivity contribution in [3.8, 4) is 0 Å². The van der Waals surface area contributed by atoms with Crippen molar-refractivity contribution in [2.75, 3.05) is 19.7 Å². The molecule has 0 aromatic carbocycles. The number of carbonyl (C=O) groups excluding carboxylic acids is 1. The minimum Gasteiger partial charge on any atom is -0.363 e. The molecule has 2 saturated heterocycles. The van der Waals surface area contributed by atoms with Crippen LogP contribution in [0.2, 0.25) is 0 Å². The second kappa shape index (κ2) is 5.18. The van der Waals surface area contributed by atoms with Gasteiger partial charge in [-0.25, -0.2) is 0 Å². The number of morpholine rings is 1. The molecule has 6 nitrogen and oxygen atoms in total. The molecule has 0 saturated carbocycles. The highest BCUT2D eigenvalue weighted by molar-refractivity contribution is 5.78.